The predicted molar refractivity (Wildman–Crippen MR) is 63.4 cm³/mol. The maximum atomic E-state index is 10.7. The molecule has 3 aromatic rings. The summed E-state index contributed by atoms with van der Waals surface area (Å²) in [6.45, 7) is 0. The van der Waals surface area contributed by atoms with Gasteiger partial charge in [-0.3, -0.25) is 4.79 Å². The highest BCUT2D eigenvalue weighted by atomic mass is 16.1. The second-order valence-corrected chi connectivity index (χ2v) is 3.68. The predicted octanol–water partition coefficient (Wildman–Crippen LogP) is 2.11. The molecule has 1 aromatic carbocycles. The number of fused-ring (bicyclic) bond motifs is 3. The standard InChI is InChI=1S/C12H9N3O/c13-11-4-2-8-9-5-7(6-16)1-3-10(9)14-12(8)15-11/h1-6H,(H3,13,14,15). The number of nitrogen functional groups attached to an aromatic ring is 1. The summed E-state index contributed by atoms with van der Waals surface area (Å²) < 4.78 is 0. The van der Waals surface area contributed by atoms with Crippen molar-refractivity contribution in [1.82, 2.24) is 9.97 Å². The number of nitrogens with one attached hydrogen (secondary N) is 1. The minimum absolute atomic E-state index is 0.481. The van der Waals surface area contributed by atoms with E-state index in [-0.39, 0.29) is 0 Å². The highest BCUT2D eigenvalue weighted by Crippen LogP contribution is 2.25. The van der Waals surface area contributed by atoms with Crippen LogP contribution in [0.3, 0.4) is 0 Å². The number of benzene rings is 1. The molecule has 0 saturated carbocycles. The number of nitrogens with two attached hydrogens (primary N) is 1. The van der Waals surface area contributed by atoms with Crippen molar-refractivity contribution in [3.8, 4) is 0 Å². The van der Waals surface area contributed by atoms with Crippen molar-refractivity contribution in [2.24, 2.45) is 0 Å². The van der Waals surface area contributed by atoms with E-state index in [9.17, 15) is 4.79 Å². The summed E-state index contributed by atoms with van der Waals surface area (Å²) >= 11 is 0. The topological polar surface area (TPSA) is 71.8 Å². The van der Waals surface area contributed by atoms with Gasteiger partial charge in [-0.25, -0.2) is 4.98 Å². The van der Waals surface area contributed by atoms with E-state index < -0.39 is 0 Å². The molecule has 78 valence electrons. The molecule has 0 aliphatic carbocycles. The Morgan fingerprint density at radius 2 is 2.06 bits per heavy atom. The van der Waals surface area contributed by atoms with Gasteiger partial charge >= 0.3 is 0 Å². The number of aromatic amines is 1. The van der Waals surface area contributed by atoms with Gasteiger partial charge in [-0.1, -0.05) is 0 Å². The molecule has 2 aromatic heterocycles. The summed E-state index contributed by atoms with van der Waals surface area (Å²) in [6, 6.07) is 9.15. The molecule has 0 unspecified atom stereocenters. The van der Waals surface area contributed by atoms with E-state index in [2.05, 4.69) is 9.97 Å². The van der Waals surface area contributed by atoms with Crippen LogP contribution in [-0.4, -0.2) is 16.3 Å². The van der Waals surface area contributed by atoms with Crippen LogP contribution in [0.15, 0.2) is 30.3 Å². The highest BCUT2D eigenvalue weighted by molar-refractivity contribution is 6.07. The first-order chi connectivity index (χ1) is 7.78. The van der Waals surface area contributed by atoms with Crippen LogP contribution in [0, 0.1) is 0 Å². The number of hydrogen-bond acceptors (Lipinski definition) is 3. The number of aldehydes is 1. The van der Waals surface area contributed by atoms with E-state index in [1.807, 2.05) is 18.2 Å². The average Bonchev–Trinajstić information content (AvgIpc) is 2.65. The third-order valence-corrected chi connectivity index (χ3v) is 2.64. The fourth-order valence-electron chi connectivity index (χ4n) is 1.88. The van der Waals surface area contributed by atoms with E-state index in [1.165, 1.54) is 0 Å². The first kappa shape index (κ1) is 8.91. The highest BCUT2D eigenvalue weighted by Gasteiger charge is 2.05. The molecule has 0 aliphatic rings. The molecule has 0 amide bonds. The minimum atomic E-state index is 0.481. The lowest BCUT2D eigenvalue weighted by Gasteiger charge is -1.93. The molecule has 16 heavy (non-hydrogen) atoms. The fourth-order valence-corrected chi connectivity index (χ4v) is 1.88. The van der Waals surface area contributed by atoms with Gasteiger partial charge < -0.3 is 10.7 Å². The lowest BCUT2D eigenvalue weighted by atomic mass is 10.1. The zero-order valence-electron chi connectivity index (χ0n) is 8.40. The number of aromatic nitrogens is 2. The Morgan fingerprint density at radius 3 is 2.88 bits per heavy atom. The Morgan fingerprint density at radius 1 is 1.19 bits per heavy atom. The molecule has 0 saturated heterocycles. The van der Waals surface area contributed by atoms with Gasteiger partial charge in [0.2, 0.25) is 0 Å². The van der Waals surface area contributed by atoms with Gasteiger partial charge in [-0.15, -0.1) is 0 Å². The molecule has 2 heterocycles. The molecular weight excluding hydrogens is 202 g/mol. The van der Waals surface area contributed by atoms with Gasteiger partial charge in [0.15, 0.2) is 0 Å². The molecule has 4 heteroatoms. The molecule has 0 aliphatic heterocycles. The van der Waals surface area contributed by atoms with Gasteiger partial charge in [-0.05, 0) is 30.3 Å². The number of anilines is 1. The maximum absolute atomic E-state index is 10.7. The van der Waals surface area contributed by atoms with Crippen molar-refractivity contribution in [1.29, 1.82) is 0 Å². The summed E-state index contributed by atoms with van der Waals surface area (Å²) in [6.07, 6.45) is 0.836. The molecule has 0 spiro atoms. The van der Waals surface area contributed by atoms with Crippen LogP contribution >= 0.6 is 0 Å². The number of carbonyl (C=O) groups is 1. The van der Waals surface area contributed by atoms with Gasteiger partial charge in [0.05, 0.1) is 0 Å². The maximum Gasteiger partial charge on any atom is 0.150 e. The molecule has 0 atom stereocenters. The van der Waals surface area contributed by atoms with Crippen LogP contribution in [0.2, 0.25) is 0 Å². The van der Waals surface area contributed by atoms with Gasteiger partial charge in [0.25, 0.3) is 0 Å². The van der Waals surface area contributed by atoms with Gasteiger partial charge in [-0.2, -0.15) is 0 Å². The summed E-state index contributed by atoms with van der Waals surface area (Å²) in [4.78, 5) is 18.1. The molecule has 4 nitrogen and oxygen atoms in total. The summed E-state index contributed by atoms with van der Waals surface area (Å²) in [5.74, 6) is 0.481. The first-order valence-corrected chi connectivity index (χ1v) is 4.91. The van der Waals surface area contributed by atoms with Crippen LogP contribution in [0.1, 0.15) is 10.4 Å². The van der Waals surface area contributed by atoms with Crippen LogP contribution in [-0.2, 0) is 0 Å². The molecule has 0 radical (unpaired) electrons. The van der Waals surface area contributed by atoms with Crippen molar-refractivity contribution >= 4 is 34.0 Å². The number of H-pyrrole nitrogens is 1. The molecule has 3 N–H and O–H groups in total. The van der Waals surface area contributed by atoms with Crippen LogP contribution < -0.4 is 5.73 Å². The SMILES string of the molecule is Nc1ccc2c(n1)[nH]c1ccc(C=O)cc12. The van der Waals surface area contributed by atoms with Crippen LogP contribution in [0.5, 0.6) is 0 Å². The Labute approximate surface area is 91.1 Å². The van der Waals surface area contributed by atoms with Crippen molar-refractivity contribution < 1.29 is 4.79 Å². The normalized spacial score (nSPS) is 11.0. The van der Waals surface area contributed by atoms with E-state index >= 15 is 0 Å². The van der Waals surface area contributed by atoms with Crippen molar-refractivity contribution in [2.75, 3.05) is 5.73 Å². The number of carbonyl (C=O) groups excluding carboxylic acids is 1. The quantitative estimate of drug-likeness (QED) is 0.605. The van der Waals surface area contributed by atoms with Gasteiger partial charge in [0, 0.05) is 21.9 Å². The second-order valence-electron chi connectivity index (χ2n) is 3.68. The van der Waals surface area contributed by atoms with Crippen molar-refractivity contribution in [2.45, 2.75) is 0 Å². The average molecular weight is 211 g/mol. The van der Waals surface area contributed by atoms with Crippen molar-refractivity contribution in [3.05, 3.63) is 35.9 Å². The Kier molecular flexibility index (Phi) is 1.71. The molecule has 3 rings (SSSR count). The van der Waals surface area contributed by atoms with E-state index in [4.69, 9.17) is 5.73 Å². The minimum Gasteiger partial charge on any atom is -0.384 e. The van der Waals surface area contributed by atoms with E-state index in [1.54, 1.807) is 12.1 Å². The fraction of sp³-hybridized carbons (Fsp3) is 0. The summed E-state index contributed by atoms with van der Waals surface area (Å²) in [7, 11) is 0. The first-order valence-electron chi connectivity index (χ1n) is 4.91. The number of nitrogens with zero attached hydrogens (tertiary/aromatic N) is 1. The Balaban J connectivity index is 2.47. The zero-order valence-corrected chi connectivity index (χ0v) is 8.40. The monoisotopic (exact) mass is 211 g/mol. The van der Waals surface area contributed by atoms with Crippen molar-refractivity contribution in [3.63, 3.8) is 0 Å². The van der Waals surface area contributed by atoms with Gasteiger partial charge in [0.1, 0.15) is 17.8 Å². The lowest BCUT2D eigenvalue weighted by molar-refractivity contribution is 0.112. The van der Waals surface area contributed by atoms with Crippen LogP contribution in [0.25, 0.3) is 21.9 Å². The van der Waals surface area contributed by atoms with E-state index in [0.29, 0.717) is 11.4 Å². The number of pyridine rings is 1. The van der Waals surface area contributed by atoms with E-state index in [0.717, 1.165) is 28.2 Å². The summed E-state index contributed by atoms with van der Waals surface area (Å²) in [5.41, 5.74) is 7.98. The third kappa shape index (κ3) is 1.16. The molecule has 0 fully saturated rings. The number of rotatable bonds is 1. The summed E-state index contributed by atoms with van der Waals surface area (Å²) in [5, 5.41) is 1.97. The molecule has 0 bridgehead atoms. The largest absolute Gasteiger partial charge is 0.384 e. The lowest BCUT2D eigenvalue weighted by Crippen LogP contribution is -1.88. The smallest absolute Gasteiger partial charge is 0.150 e. The number of hydrogen-bond donors (Lipinski definition) is 2. The zero-order chi connectivity index (χ0) is 11.1. The third-order valence-electron chi connectivity index (χ3n) is 2.64. The molecular formula is C12H9N3O. The Bertz CT molecular complexity index is 700. The second kappa shape index (κ2) is 3.06. The Hall–Kier alpha value is -2.36. The van der Waals surface area contributed by atoms with Crippen LogP contribution in [0.4, 0.5) is 5.82 Å².